The highest BCUT2D eigenvalue weighted by Crippen LogP contribution is 2.30. The van der Waals surface area contributed by atoms with Gasteiger partial charge in [-0.2, -0.15) is 10.2 Å². The molecule has 5 heterocycles. The van der Waals surface area contributed by atoms with Crippen molar-refractivity contribution in [2.24, 2.45) is 7.05 Å². The molecule has 0 bridgehead atoms. The van der Waals surface area contributed by atoms with Gasteiger partial charge in [0, 0.05) is 31.0 Å². The van der Waals surface area contributed by atoms with E-state index in [1.54, 1.807) is 33.9 Å². The van der Waals surface area contributed by atoms with Crippen LogP contribution in [-0.4, -0.2) is 60.2 Å². The van der Waals surface area contributed by atoms with Gasteiger partial charge in [0.1, 0.15) is 4.83 Å². The van der Waals surface area contributed by atoms with Crippen LogP contribution < -0.4 is 10.6 Å². The maximum absolute atomic E-state index is 13.1. The first-order valence-electron chi connectivity index (χ1n) is 11.2. The molecule has 176 valence electrons. The van der Waals surface area contributed by atoms with Crippen molar-refractivity contribution in [1.29, 1.82) is 0 Å². The third-order valence-corrected chi connectivity index (χ3v) is 7.25. The lowest BCUT2D eigenvalue weighted by molar-refractivity contribution is -0.117. The molecule has 2 N–H and O–H groups in total. The van der Waals surface area contributed by atoms with Crippen LogP contribution in [0.15, 0.2) is 37.1 Å². The average Bonchev–Trinajstić information content (AvgIpc) is 3.56. The molecule has 0 radical (unpaired) electrons. The van der Waals surface area contributed by atoms with E-state index in [2.05, 4.69) is 37.6 Å². The summed E-state index contributed by atoms with van der Waals surface area (Å²) in [7, 11) is 1.86. The van der Waals surface area contributed by atoms with Gasteiger partial charge in [-0.1, -0.05) is 0 Å². The second kappa shape index (κ2) is 8.99. The summed E-state index contributed by atoms with van der Waals surface area (Å²) in [6, 6.07) is 2.15. The van der Waals surface area contributed by atoms with Crippen LogP contribution in [0.5, 0.6) is 0 Å². The van der Waals surface area contributed by atoms with Gasteiger partial charge in [0.25, 0.3) is 5.91 Å². The van der Waals surface area contributed by atoms with Gasteiger partial charge in [0.15, 0.2) is 0 Å². The second-order valence-corrected chi connectivity index (χ2v) is 9.66. The summed E-state index contributed by atoms with van der Waals surface area (Å²) in [5.41, 5.74) is 3.19. The highest BCUT2D eigenvalue weighted by Gasteiger charge is 2.23. The van der Waals surface area contributed by atoms with E-state index in [1.807, 2.05) is 26.4 Å². The van der Waals surface area contributed by atoms with E-state index in [0.717, 1.165) is 34.7 Å². The number of amides is 2. The highest BCUT2D eigenvalue weighted by atomic mass is 32.1. The smallest absolute Gasteiger partial charge is 0.260 e. The molecule has 0 aliphatic carbocycles. The number of rotatable bonds is 6. The molecule has 1 saturated heterocycles. The Kier molecular flexibility index (Phi) is 5.88. The zero-order valence-electron chi connectivity index (χ0n) is 19.3. The maximum atomic E-state index is 13.1. The van der Waals surface area contributed by atoms with Gasteiger partial charge in [-0.3, -0.25) is 24.2 Å². The van der Waals surface area contributed by atoms with Crippen LogP contribution >= 0.6 is 11.3 Å². The third kappa shape index (κ3) is 4.44. The number of hydrogen-bond acceptors (Lipinski definition) is 7. The minimum Gasteiger partial charge on any atom is -0.324 e. The van der Waals surface area contributed by atoms with E-state index in [-0.39, 0.29) is 11.8 Å². The Balaban J connectivity index is 1.31. The van der Waals surface area contributed by atoms with E-state index in [0.29, 0.717) is 35.2 Å². The summed E-state index contributed by atoms with van der Waals surface area (Å²) < 4.78 is 3.43. The van der Waals surface area contributed by atoms with E-state index >= 15 is 0 Å². The summed E-state index contributed by atoms with van der Waals surface area (Å²) in [6.07, 6.45) is 11.0. The molecule has 1 atom stereocenters. The van der Waals surface area contributed by atoms with Crippen LogP contribution in [0.3, 0.4) is 0 Å². The first-order chi connectivity index (χ1) is 16.4. The maximum Gasteiger partial charge on any atom is 0.260 e. The number of nitrogens with one attached hydrogen (secondary N) is 2. The fourth-order valence-corrected chi connectivity index (χ4v) is 5.19. The number of hydrogen-bond donors (Lipinski definition) is 2. The number of carbonyl (C=O) groups is 2. The van der Waals surface area contributed by atoms with Crippen molar-refractivity contribution in [2.45, 2.75) is 32.7 Å². The van der Waals surface area contributed by atoms with Crippen molar-refractivity contribution in [3.8, 4) is 10.4 Å². The quantitative estimate of drug-likeness (QED) is 0.441. The first kappa shape index (κ1) is 22.2. The third-order valence-electron chi connectivity index (χ3n) is 6.09. The molecule has 5 rings (SSSR count). The monoisotopic (exact) mass is 478 g/mol. The van der Waals surface area contributed by atoms with Gasteiger partial charge in [-0.05, 0) is 39.3 Å². The number of aryl methyl sites for hydroxylation is 2. The van der Waals surface area contributed by atoms with E-state index in [4.69, 9.17) is 0 Å². The van der Waals surface area contributed by atoms with Crippen molar-refractivity contribution in [3.05, 3.63) is 48.3 Å². The van der Waals surface area contributed by atoms with Crippen LogP contribution in [-0.2, 0) is 11.8 Å². The molecule has 0 saturated carbocycles. The van der Waals surface area contributed by atoms with E-state index in [1.165, 1.54) is 11.3 Å². The van der Waals surface area contributed by atoms with Gasteiger partial charge in [-0.15, -0.1) is 11.3 Å². The van der Waals surface area contributed by atoms with E-state index < -0.39 is 0 Å². The van der Waals surface area contributed by atoms with Gasteiger partial charge in [0.05, 0.1) is 52.6 Å². The Morgan fingerprint density at radius 2 is 2.03 bits per heavy atom. The summed E-state index contributed by atoms with van der Waals surface area (Å²) >= 11 is 1.48. The standard InChI is InChI=1S/C23H26N8O2S/c1-14-5-4-6-30(14)13-21(32)27-17-7-19(15(2)24-9-17)28-22(33)18-10-26-31-12-20(34-23(18)31)16-8-25-29(3)11-16/h7-12,14H,4-6,13H2,1-3H3,(H,27,32)(H,28,33). The number of carbonyl (C=O) groups excluding carboxylic acids is 2. The zero-order valence-corrected chi connectivity index (χ0v) is 20.1. The zero-order chi connectivity index (χ0) is 23.8. The topological polar surface area (TPSA) is 109 Å². The van der Waals surface area contributed by atoms with Gasteiger partial charge >= 0.3 is 0 Å². The summed E-state index contributed by atoms with van der Waals surface area (Å²) in [5.74, 6) is -0.370. The van der Waals surface area contributed by atoms with Gasteiger partial charge in [-0.25, -0.2) is 4.52 Å². The SMILES string of the molecule is Cc1ncc(NC(=O)CN2CCCC2C)cc1NC(=O)c1cnn2cc(-c3cnn(C)c3)sc12. The van der Waals surface area contributed by atoms with Crippen LogP contribution in [0.1, 0.15) is 35.8 Å². The van der Waals surface area contributed by atoms with Crippen LogP contribution in [0.4, 0.5) is 11.4 Å². The van der Waals surface area contributed by atoms with Crippen molar-refractivity contribution >= 4 is 39.4 Å². The predicted molar refractivity (Wildman–Crippen MR) is 131 cm³/mol. The molecular formula is C23H26N8O2S. The highest BCUT2D eigenvalue weighted by molar-refractivity contribution is 7.21. The molecule has 4 aromatic rings. The number of likely N-dealkylation sites (tertiary alicyclic amines) is 1. The summed E-state index contributed by atoms with van der Waals surface area (Å²) in [4.78, 5) is 33.8. The molecule has 10 nitrogen and oxygen atoms in total. The van der Waals surface area contributed by atoms with Crippen LogP contribution in [0.2, 0.25) is 0 Å². The number of thiazole rings is 1. The van der Waals surface area contributed by atoms with E-state index in [9.17, 15) is 9.59 Å². The van der Waals surface area contributed by atoms with Crippen molar-refractivity contribution in [3.63, 3.8) is 0 Å². The lowest BCUT2D eigenvalue weighted by Crippen LogP contribution is -2.35. The molecule has 0 aromatic carbocycles. The van der Waals surface area contributed by atoms with Crippen molar-refractivity contribution < 1.29 is 9.59 Å². The van der Waals surface area contributed by atoms with Gasteiger partial charge in [0.2, 0.25) is 5.91 Å². The summed E-state index contributed by atoms with van der Waals surface area (Å²) in [6.45, 7) is 5.24. The lowest BCUT2D eigenvalue weighted by Gasteiger charge is -2.20. The lowest BCUT2D eigenvalue weighted by atomic mass is 10.2. The Morgan fingerprint density at radius 1 is 1.18 bits per heavy atom. The first-order valence-corrected chi connectivity index (χ1v) is 12.0. The van der Waals surface area contributed by atoms with Crippen molar-refractivity contribution in [1.82, 2.24) is 29.3 Å². The molecule has 1 unspecified atom stereocenters. The predicted octanol–water partition coefficient (Wildman–Crippen LogP) is 3.17. The van der Waals surface area contributed by atoms with Gasteiger partial charge < -0.3 is 10.6 Å². The fourth-order valence-electron chi connectivity index (χ4n) is 4.15. The Morgan fingerprint density at radius 3 is 2.76 bits per heavy atom. The van der Waals surface area contributed by atoms with Crippen LogP contribution in [0, 0.1) is 6.92 Å². The normalized spacial score (nSPS) is 16.3. The average molecular weight is 479 g/mol. The molecule has 0 spiro atoms. The number of anilines is 2. The minimum atomic E-state index is -0.283. The number of nitrogens with zero attached hydrogens (tertiary/aromatic N) is 6. The fraction of sp³-hybridized carbons (Fsp3) is 0.348. The molecule has 34 heavy (non-hydrogen) atoms. The summed E-state index contributed by atoms with van der Waals surface area (Å²) in [5, 5.41) is 14.4. The molecular weight excluding hydrogens is 452 g/mol. The molecule has 1 aliphatic rings. The number of fused-ring (bicyclic) bond motifs is 1. The Hall–Kier alpha value is -3.57. The molecule has 1 aliphatic heterocycles. The largest absolute Gasteiger partial charge is 0.324 e. The Bertz CT molecular complexity index is 1370. The van der Waals surface area contributed by atoms with Crippen molar-refractivity contribution in [2.75, 3.05) is 23.7 Å². The molecule has 11 heteroatoms. The molecule has 1 fully saturated rings. The Labute approximate surface area is 200 Å². The number of pyridine rings is 1. The molecule has 4 aromatic heterocycles. The number of aromatic nitrogens is 5. The second-order valence-electron chi connectivity index (χ2n) is 8.63. The minimum absolute atomic E-state index is 0.0865. The molecule has 2 amide bonds. The van der Waals surface area contributed by atoms with Crippen LogP contribution in [0.25, 0.3) is 15.3 Å².